The number of nitrogens with one attached hydrogen (secondary N) is 1. The number of ether oxygens (including phenoxy) is 1. The molecule has 0 saturated carbocycles. The van der Waals surface area contributed by atoms with Crippen molar-refractivity contribution < 1.29 is 4.74 Å². The number of H-pyrrole nitrogens is 1. The third-order valence-corrected chi connectivity index (χ3v) is 2.36. The highest BCUT2D eigenvalue weighted by Gasteiger charge is 2.07. The molecule has 3 N–H and O–H groups in total. The minimum atomic E-state index is 0.0205. The van der Waals surface area contributed by atoms with Gasteiger partial charge in [0, 0.05) is 22.6 Å². The molecule has 0 bridgehead atoms. The van der Waals surface area contributed by atoms with Gasteiger partial charge in [0.05, 0.1) is 7.11 Å². The molecule has 2 rings (SSSR count). The highest BCUT2D eigenvalue weighted by atomic mass is 16.5. The van der Waals surface area contributed by atoms with E-state index in [1.165, 1.54) is 0 Å². The molecule has 0 aliphatic carbocycles. The van der Waals surface area contributed by atoms with Crippen molar-refractivity contribution in [1.29, 1.82) is 0 Å². The van der Waals surface area contributed by atoms with Crippen LogP contribution < -0.4 is 10.5 Å². The Hall–Kier alpha value is -1.48. The van der Waals surface area contributed by atoms with Crippen molar-refractivity contribution in [3.63, 3.8) is 0 Å². The first kappa shape index (κ1) is 9.09. The number of rotatable bonds is 2. The van der Waals surface area contributed by atoms with E-state index in [4.69, 9.17) is 10.5 Å². The summed E-state index contributed by atoms with van der Waals surface area (Å²) in [5.74, 6) is 0.880. The van der Waals surface area contributed by atoms with Crippen LogP contribution in [0.1, 0.15) is 18.7 Å². The van der Waals surface area contributed by atoms with Gasteiger partial charge in [-0.15, -0.1) is 0 Å². The van der Waals surface area contributed by atoms with Gasteiger partial charge in [-0.3, -0.25) is 0 Å². The van der Waals surface area contributed by atoms with Gasteiger partial charge in [0.1, 0.15) is 5.75 Å². The predicted octanol–water partition coefficient (Wildman–Crippen LogP) is 2.20. The molecule has 1 heterocycles. The average molecular weight is 190 g/mol. The maximum atomic E-state index is 5.80. The molecule has 3 nitrogen and oxygen atoms in total. The van der Waals surface area contributed by atoms with Crippen molar-refractivity contribution in [1.82, 2.24) is 4.98 Å². The highest BCUT2D eigenvalue weighted by Crippen LogP contribution is 2.27. The van der Waals surface area contributed by atoms with E-state index in [1.807, 2.05) is 31.2 Å². The van der Waals surface area contributed by atoms with Crippen LogP contribution in [0, 0.1) is 0 Å². The van der Waals surface area contributed by atoms with E-state index in [0.717, 1.165) is 22.3 Å². The number of nitrogens with two attached hydrogens (primary N) is 1. The lowest BCUT2D eigenvalue weighted by Gasteiger charge is -1.99. The van der Waals surface area contributed by atoms with E-state index in [9.17, 15) is 0 Å². The zero-order valence-corrected chi connectivity index (χ0v) is 8.37. The van der Waals surface area contributed by atoms with Crippen LogP contribution in [0.15, 0.2) is 24.3 Å². The Bertz CT molecular complexity index is 445. The first-order valence-electron chi connectivity index (χ1n) is 4.63. The van der Waals surface area contributed by atoms with Gasteiger partial charge in [-0.2, -0.15) is 0 Å². The molecule has 3 heteroatoms. The zero-order chi connectivity index (χ0) is 10.1. The summed E-state index contributed by atoms with van der Waals surface area (Å²) in [6.07, 6.45) is 0. The molecule has 0 aliphatic heterocycles. The molecule has 74 valence electrons. The number of methoxy groups -OCH3 is 1. The summed E-state index contributed by atoms with van der Waals surface area (Å²) < 4.78 is 5.26. The number of aromatic amines is 1. The largest absolute Gasteiger partial charge is 0.496 e. The number of benzene rings is 1. The molecular weight excluding hydrogens is 176 g/mol. The van der Waals surface area contributed by atoms with E-state index >= 15 is 0 Å². The fraction of sp³-hybridized carbons (Fsp3) is 0.273. The van der Waals surface area contributed by atoms with Crippen LogP contribution in [-0.2, 0) is 0 Å². The lowest BCUT2D eigenvalue weighted by atomic mass is 10.2. The molecule has 0 saturated heterocycles. The van der Waals surface area contributed by atoms with Crippen molar-refractivity contribution in [3.8, 4) is 5.75 Å². The van der Waals surface area contributed by atoms with E-state index in [0.29, 0.717) is 0 Å². The van der Waals surface area contributed by atoms with E-state index < -0.39 is 0 Å². The molecule has 0 spiro atoms. The maximum absolute atomic E-state index is 5.80. The average Bonchev–Trinajstić information content (AvgIpc) is 2.60. The van der Waals surface area contributed by atoms with Crippen molar-refractivity contribution in [2.24, 2.45) is 5.73 Å². The van der Waals surface area contributed by atoms with E-state index in [2.05, 4.69) is 4.98 Å². The Morgan fingerprint density at radius 2 is 2.21 bits per heavy atom. The highest BCUT2D eigenvalue weighted by molar-refractivity contribution is 5.86. The number of hydrogen-bond donors (Lipinski definition) is 2. The molecule has 0 unspecified atom stereocenters. The third-order valence-electron chi connectivity index (χ3n) is 2.36. The fourth-order valence-electron chi connectivity index (χ4n) is 1.57. The van der Waals surface area contributed by atoms with Gasteiger partial charge < -0.3 is 15.5 Å². The van der Waals surface area contributed by atoms with Gasteiger partial charge >= 0.3 is 0 Å². The first-order valence-corrected chi connectivity index (χ1v) is 4.63. The molecule has 1 aromatic heterocycles. The Morgan fingerprint density at radius 1 is 1.43 bits per heavy atom. The summed E-state index contributed by atoms with van der Waals surface area (Å²) in [5, 5.41) is 1.09. The quantitative estimate of drug-likeness (QED) is 0.762. The second-order valence-corrected chi connectivity index (χ2v) is 3.43. The normalized spacial score (nSPS) is 13.1. The summed E-state index contributed by atoms with van der Waals surface area (Å²) in [6, 6.07) is 7.99. The number of aromatic nitrogens is 1. The van der Waals surface area contributed by atoms with Crippen molar-refractivity contribution in [3.05, 3.63) is 30.0 Å². The molecule has 0 radical (unpaired) electrons. The topological polar surface area (TPSA) is 51.0 Å². The first-order chi connectivity index (χ1) is 6.72. The lowest BCUT2D eigenvalue weighted by Crippen LogP contribution is -2.04. The molecule has 1 aromatic carbocycles. The molecule has 0 aliphatic rings. The monoisotopic (exact) mass is 190 g/mol. The molecular formula is C11H14N2O. The Labute approximate surface area is 82.9 Å². The van der Waals surface area contributed by atoms with Crippen molar-refractivity contribution in [2.45, 2.75) is 13.0 Å². The van der Waals surface area contributed by atoms with Gasteiger partial charge in [0.2, 0.25) is 0 Å². The van der Waals surface area contributed by atoms with E-state index in [-0.39, 0.29) is 6.04 Å². The lowest BCUT2D eigenvalue weighted by molar-refractivity contribution is 0.420. The SMILES string of the molecule is COc1cccc2[nH]c([C@@H](C)N)cc12. The van der Waals surface area contributed by atoms with Crippen LogP contribution in [-0.4, -0.2) is 12.1 Å². The Kier molecular flexibility index (Phi) is 2.17. The van der Waals surface area contributed by atoms with Crippen molar-refractivity contribution in [2.75, 3.05) is 7.11 Å². The van der Waals surface area contributed by atoms with Gasteiger partial charge in [-0.25, -0.2) is 0 Å². The second-order valence-electron chi connectivity index (χ2n) is 3.43. The second kappa shape index (κ2) is 3.35. The molecule has 14 heavy (non-hydrogen) atoms. The van der Waals surface area contributed by atoms with Crippen LogP contribution in [0.25, 0.3) is 10.9 Å². The molecule has 1 atom stereocenters. The Morgan fingerprint density at radius 3 is 2.86 bits per heavy atom. The Balaban J connectivity index is 2.64. The fourth-order valence-corrected chi connectivity index (χ4v) is 1.57. The summed E-state index contributed by atoms with van der Waals surface area (Å²) >= 11 is 0. The summed E-state index contributed by atoms with van der Waals surface area (Å²) in [4.78, 5) is 3.26. The van der Waals surface area contributed by atoms with Gasteiger partial charge in [0.25, 0.3) is 0 Å². The zero-order valence-electron chi connectivity index (χ0n) is 8.37. The van der Waals surface area contributed by atoms with Gasteiger partial charge in [-0.1, -0.05) is 6.07 Å². The van der Waals surface area contributed by atoms with Crippen LogP contribution >= 0.6 is 0 Å². The smallest absolute Gasteiger partial charge is 0.128 e. The van der Waals surface area contributed by atoms with E-state index in [1.54, 1.807) is 7.11 Å². The standard InChI is InChI=1S/C11H14N2O/c1-7(12)10-6-8-9(13-10)4-3-5-11(8)14-2/h3-7,13H,12H2,1-2H3/t7-/m1/s1. The minimum absolute atomic E-state index is 0.0205. The summed E-state index contributed by atoms with van der Waals surface area (Å²) in [5.41, 5.74) is 7.90. The third kappa shape index (κ3) is 1.36. The molecule has 0 fully saturated rings. The van der Waals surface area contributed by atoms with Crippen LogP contribution in [0.3, 0.4) is 0 Å². The summed E-state index contributed by atoms with van der Waals surface area (Å²) in [7, 11) is 1.67. The molecule has 0 amide bonds. The van der Waals surface area contributed by atoms with Gasteiger partial charge in [-0.05, 0) is 25.1 Å². The van der Waals surface area contributed by atoms with Crippen LogP contribution in [0.4, 0.5) is 0 Å². The maximum Gasteiger partial charge on any atom is 0.128 e. The van der Waals surface area contributed by atoms with Crippen molar-refractivity contribution >= 4 is 10.9 Å². The molecule has 2 aromatic rings. The van der Waals surface area contributed by atoms with Gasteiger partial charge in [0.15, 0.2) is 0 Å². The number of hydrogen-bond acceptors (Lipinski definition) is 2. The number of fused-ring (bicyclic) bond motifs is 1. The summed E-state index contributed by atoms with van der Waals surface area (Å²) in [6.45, 7) is 1.96. The minimum Gasteiger partial charge on any atom is -0.496 e. The van der Waals surface area contributed by atoms with Crippen LogP contribution in [0.5, 0.6) is 5.75 Å². The van der Waals surface area contributed by atoms with Crippen LogP contribution in [0.2, 0.25) is 0 Å². The predicted molar refractivity (Wildman–Crippen MR) is 57.5 cm³/mol.